The highest BCUT2D eigenvalue weighted by Gasteiger charge is 2.23. The highest BCUT2D eigenvalue weighted by Crippen LogP contribution is 2.27. The summed E-state index contributed by atoms with van der Waals surface area (Å²) in [6, 6.07) is 6.19. The first kappa shape index (κ1) is 15.6. The second kappa shape index (κ2) is 7.30. The Balaban J connectivity index is 2.16. The maximum absolute atomic E-state index is 6.15. The molecular formula is C16H25ClN2O. The number of benzene rings is 1. The largest absolute Gasteiger partial charge is 0.372 e. The Bertz CT molecular complexity index is 428. The Morgan fingerprint density at radius 2 is 2.00 bits per heavy atom. The Labute approximate surface area is 127 Å². The minimum atomic E-state index is 0.269. The molecule has 0 aromatic heterocycles. The van der Waals surface area contributed by atoms with Crippen molar-refractivity contribution in [3.05, 3.63) is 28.8 Å². The lowest BCUT2D eigenvalue weighted by molar-refractivity contribution is -0.00526. The van der Waals surface area contributed by atoms with Crippen molar-refractivity contribution in [2.24, 2.45) is 0 Å². The summed E-state index contributed by atoms with van der Waals surface area (Å²) >= 11 is 6.15. The summed E-state index contributed by atoms with van der Waals surface area (Å²) in [6.45, 7) is 10.2. The molecule has 1 saturated heterocycles. The van der Waals surface area contributed by atoms with Crippen LogP contribution in [0.25, 0.3) is 0 Å². The van der Waals surface area contributed by atoms with Crippen LogP contribution in [0.3, 0.4) is 0 Å². The molecule has 0 spiro atoms. The van der Waals surface area contributed by atoms with Crippen LogP contribution in [0.1, 0.15) is 32.8 Å². The van der Waals surface area contributed by atoms with Crippen molar-refractivity contribution in [3.63, 3.8) is 0 Å². The fraction of sp³-hybridized carbons (Fsp3) is 0.625. The van der Waals surface area contributed by atoms with Crippen molar-refractivity contribution in [2.45, 2.75) is 45.9 Å². The fourth-order valence-corrected chi connectivity index (χ4v) is 2.97. The van der Waals surface area contributed by atoms with Gasteiger partial charge in [-0.25, -0.2) is 0 Å². The van der Waals surface area contributed by atoms with Gasteiger partial charge in [-0.05, 0) is 50.6 Å². The van der Waals surface area contributed by atoms with E-state index in [2.05, 4.69) is 43.1 Å². The molecule has 0 saturated carbocycles. The van der Waals surface area contributed by atoms with Gasteiger partial charge in [-0.1, -0.05) is 18.5 Å². The molecule has 4 heteroatoms. The summed E-state index contributed by atoms with van der Waals surface area (Å²) in [4.78, 5) is 2.41. The number of hydrogen-bond acceptors (Lipinski definition) is 3. The smallest absolute Gasteiger partial charge is 0.0726 e. The molecule has 1 fully saturated rings. The van der Waals surface area contributed by atoms with E-state index in [9.17, 15) is 0 Å². The normalized spacial score (nSPS) is 23.1. The third-order valence-electron chi connectivity index (χ3n) is 3.54. The Morgan fingerprint density at radius 3 is 2.65 bits per heavy atom. The van der Waals surface area contributed by atoms with E-state index >= 15 is 0 Å². The molecule has 0 amide bonds. The van der Waals surface area contributed by atoms with E-state index in [0.717, 1.165) is 37.6 Å². The van der Waals surface area contributed by atoms with Crippen LogP contribution in [0.4, 0.5) is 5.69 Å². The number of nitrogens with zero attached hydrogens (tertiary/aromatic N) is 1. The van der Waals surface area contributed by atoms with Gasteiger partial charge in [0, 0.05) is 30.3 Å². The molecule has 1 N–H and O–H groups in total. The summed E-state index contributed by atoms with van der Waals surface area (Å²) < 4.78 is 5.82. The zero-order valence-electron chi connectivity index (χ0n) is 12.7. The van der Waals surface area contributed by atoms with Crippen LogP contribution < -0.4 is 10.2 Å². The quantitative estimate of drug-likeness (QED) is 0.842. The number of rotatable bonds is 5. The molecule has 0 bridgehead atoms. The minimum absolute atomic E-state index is 0.269. The monoisotopic (exact) mass is 296 g/mol. The molecular weight excluding hydrogens is 272 g/mol. The zero-order chi connectivity index (χ0) is 14.5. The first-order chi connectivity index (χ1) is 9.60. The van der Waals surface area contributed by atoms with Crippen LogP contribution in [0.5, 0.6) is 0 Å². The van der Waals surface area contributed by atoms with Crippen LogP contribution >= 0.6 is 11.6 Å². The highest BCUT2D eigenvalue weighted by molar-refractivity contribution is 6.30. The summed E-state index contributed by atoms with van der Waals surface area (Å²) in [5, 5.41) is 4.27. The number of nitrogens with one attached hydrogen (secondary N) is 1. The van der Waals surface area contributed by atoms with Gasteiger partial charge in [0.25, 0.3) is 0 Å². The Kier molecular flexibility index (Phi) is 5.70. The summed E-state index contributed by atoms with van der Waals surface area (Å²) in [5.41, 5.74) is 2.55. The van der Waals surface area contributed by atoms with Crippen LogP contribution in [0.2, 0.25) is 5.02 Å². The van der Waals surface area contributed by atoms with Gasteiger partial charge in [0.2, 0.25) is 0 Å². The van der Waals surface area contributed by atoms with Crippen LogP contribution in [0.15, 0.2) is 18.2 Å². The lowest BCUT2D eigenvalue weighted by Crippen LogP contribution is -2.46. The van der Waals surface area contributed by atoms with E-state index in [4.69, 9.17) is 16.3 Å². The zero-order valence-corrected chi connectivity index (χ0v) is 13.4. The van der Waals surface area contributed by atoms with Crippen molar-refractivity contribution >= 4 is 17.3 Å². The second-order valence-corrected chi connectivity index (χ2v) is 6.05. The van der Waals surface area contributed by atoms with Gasteiger partial charge in [0.1, 0.15) is 0 Å². The SMILES string of the molecule is CCCNCc1cc(Cl)ccc1N1CC(C)OC(C)C1. The number of morpholine rings is 1. The summed E-state index contributed by atoms with van der Waals surface area (Å²) in [7, 11) is 0. The van der Waals surface area contributed by atoms with Crippen molar-refractivity contribution < 1.29 is 4.74 Å². The first-order valence-corrected chi connectivity index (χ1v) is 7.87. The molecule has 20 heavy (non-hydrogen) atoms. The van der Waals surface area contributed by atoms with E-state index in [0.29, 0.717) is 0 Å². The van der Waals surface area contributed by atoms with Gasteiger partial charge in [-0.15, -0.1) is 0 Å². The van der Waals surface area contributed by atoms with Gasteiger partial charge < -0.3 is 15.0 Å². The lowest BCUT2D eigenvalue weighted by Gasteiger charge is -2.38. The van der Waals surface area contributed by atoms with Crippen LogP contribution in [-0.2, 0) is 11.3 Å². The molecule has 112 valence electrons. The minimum Gasteiger partial charge on any atom is -0.372 e. The van der Waals surface area contributed by atoms with Crippen molar-refractivity contribution in [1.82, 2.24) is 5.32 Å². The van der Waals surface area contributed by atoms with E-state index in [1.807, 2.05) is 6.07 Å². The third kappa shape index (κ3) is 4.11. The van der Waals surface area contributed by atoms with Gasteiger partial charge in [-0.3, -0.25) is 0 Å². The van der Waals surface area contributed by atoms with Crippen molar-refractivity contribution in [2.75, 3.05) is 24.5 Å². The van der Waals surface area contributed by atoms with E-state index in [-0.39, 0.29) is 12.2 Å². The van der Waals surface area contributed by atoms with E-state index in [1.54, 1.807) is 0 Å². The second-order valence-electron chi connectivity index (χ2n) is 5.61. The topological polar surface area (TPSA) is 24.5 Å². The molecule has 0 aliphatic carbocycles. The first-order valence-electron chi connectivity index (χ1n) is 7.49. The Hall–Kier alpha value is -0.770. The standard InChI is InChI=1S/C16H25ClN2O/c1-4-7-18-9-14-8-15(17)5-6-16(14)19-10-12(2)20-13(3)11-19/h5-6,8,12-13,18H,4,7,9-11H2,1-3H3. The van der Waals surface area contributed by atoms with Gasteiger partial charge in [0.15, 0.2) is 0 Å². The van der Waals surface area contributed by atoms with Crippen molar-refractivity contribution in [1.29, 1.82) is 0 Å². The number of ether oxygens (including phenoxy) is 1. The lowest BCUT2D eigenvalue weighted by atomic mass is 10.1. The average Bonchev–Trinajstić information content (AvgIpc) is 2.38. The average molecular weight is 297 g/mol. The Morgan fingerprint density at radius 1 is 1.30 bits per heavy atom. The van der Waals surface area contributed by atoms with Gasteiger partial charge in [0.05, 0.1) is 12.2 Å². The van der Waals surface area contributed by atoms with Crippen LogP contribution in [-0.4, -0.2) is 31.8 Å². The maximum Gasteiger partial charge on any atom is 0.0726 e. The van der Waals surface area contributed by atoms with E-state index in [1.165, 1.54) is 11.3 Å². The molecule has 1 aliphatic heterocycles. The molecule has 1 aromatic rings. The molecule has 2 unspecified atom stereocenters. The molecule has 1 heterocycles. The van der Waals surface area contributed by atoms with Crippen LogP contribution in [0, 0.1) is 0 Å². The highest BCUT2D eigenvalue weighted by atomic mass is 35.5. The molecule has 1 aliphatic rings. The van der Waals surface area contributed by atoms with Gasteiger partial charge >= 0.3 is 0 Å². The predicted octanol–water partition coefficient (Wildman–Crippen LogP) is 3.45. The third-order valence-corrected chi connectivity index (χ3v) is 3.78. The summed E-state index contributed by atoms with van der Waals surface area (Å²) in [6.07, 6.45) is 1.68. The molecule has 2 rings (SSSR count). The number of anilines is 1. The van der Waals surface area contributed by atoms with Crippen molar-refractivity contribution in [3.8, 4) is 0 Å². The number of hydrogen-bond donors (Lipinski definition) is 1. The predicted molar refractivity (Wildman–Crippen MR) is 85.7 cm³/mol. The summed E-state index contributed by atoms with van der Waals surface area (Å²) in [5.74, 6) is 0. The molecule has 3 nitrogen and oxygen atoms in total. The maximum atomic E-state index is 6.15. The molecule has 0 radical (unpaired) electrons. The fourth-order valence-electron chi connectivity index (χ4n) is 2.78. The van der Waals surface area contributed by atoms with E-state index < -0.39 is 0 Å². The molecule has 1 aromatic carbocycles. The van der Waals surface area contributed by atoms with Gasteiger partial charge in [-0.2, -0.15) is 0 Å². The number of halogens is 1. The molecule has 2 atom stereocenters.